The van der Waals surface area contributed by atoms with Gasteiger partial charge in [0.05, 0.1) is 13.2 Å². The number of carbonyl (C=O) groups is 2. The third-order valence-corrected chi connectivity index (χ3v) is 2.63. The summed E-state index contributed by atoms with van der Waals surface area (Å²) in [7, 11) is 1.28. The maximum atomic E-state index is 11.7. The Balaban J connectivity index is 2.87. The highest BCUT2D eigenvalue weighted by Crippen LogP contribution is 2.14. The number of esters is 1. The molecule has 1 aromatic rings. The van der Waals surface area contributed by atoms with E-state index in [-0.39, 0.29) is 5.91 Å². The maximum absolute atomic E-state index is 11.7. The Bertz CT molecular complexity index is 406. The minimum absolute atomic E-state index is 0.364. The van der Waals surface area contributed by atoms with Gasteiger partial charge in [0.15, 0.2) is 6.04 Å². The molecule has 3 N–H and O–H groups in total. The summed E-state index contributed by atoms with van der Waals surface area (Å²) in [5.41, 5.74) is 6.29. The molecule has 0 saturated carbocycles. The second-order valence-electron chi connectivity index (χ2n) is 3.89. The van der Waals surface area contributed by atoms with E-state index < -0.39 is 18.1 Å². The minimum Gasteiger partial charge on any atom is -0.467 e. The van der Waals surface area contributed by atoms with Crippen molar-refractivity contribution in [2.24, 2.45) is 5.73 Å². The Labute approximate surface area is 106 Å². The van der Waals surface area contributed by atoms with Crippen LogP contribution in [0.25, 0.3) is 0 Å². The molecule has 0 bridgehead atoms. The molecule has 0 radical (unpaired) electrons. The van der Waals surface area contributed by atoms with E-state index in [9.17, 15) is 9.59 Å². The standard InChI is InChI=1S/C13H18N2O3/c1-3-10(14)12(16)15-11(13(17)18-2)9-7-5-4-6-8-9/h4-8,10-11H,3,14H2,1-2H3,(H,15,16)/t10-,11?/m1/s1. The van der Waals surface area contributed by atoms with Crippen LogP contribution in [0, 0.1) is 0 Å². The van der Waals surface area contributed by atoms with Crippen molar-refractivity contribution in [3.63, 3.8) is 0 Å². The monoisotopic (exact) mass is 250 g/mol. The molecule has 0 heterocycles. The molecule has 0 aromatic heterocycles. The van der Waals surface area contributed by atoms with Crippen molar-refractivity contribution in [3.8, 4) is 0 Å². The summed E-state index contributed by atoms with van der Waals surface area (Å²) in [6.45, 7) is 1.81. The van der Waals surface area contributed by atoms with Crippen LogP contribution < -0.4 is 11.1 Å². The average Bonchev–Trinajstić information content (AvgIpc) is 2.43. The van der Waals surface area contributed by atoms with Crippen LogP contribution in [-0.4, -0.2) is 25.0 Å². The second-order valence-corrected chi connectivity index (χ2v) is 3.89. The molecule has 1 rings (SSSR count). The summed E-state index contributed by atoms with van der Waals surface area (Å²) in [4.78, 5) is 23.4. The zero-order chi connectivity index (χ0) is 13.5. The molecule has 2 atom stereocenters. The molecule has 0 aliphatic heterocycles. The molecule has 0 aliphatic rings. The van der Waals surface area contributed by atoms with E-state index in [4.69, 9.17) is 5.73 Å². The van der Waals surface area contributed by atoms with Crippen LogP contribution in [0.15, 0.2) is 30.3 Å². The van der Waals surface area contributed by atoms with Crippen LogP contribution in [0.3, 0.4) is 0 Å². The number of methoxy groups -OCH3 is 1. The van der Waals surface area contributed by atoms with Gasteiger partial charge >= 0.3 is 5.97 Å². The molecule has 98 valence electrons. The molecule has 0 saturated heterocycles. The van der Waals surface area contributed by atoms with Crippen molar-refractivity contribution in [2.75, 3.05) is 7.11 Å². The van der Waals surface area contributed by atoms with Crippen molar-refractivity contribution >= 4 is 11.9 Å². The van der Waals surface area contributed by atoms with Crippen LogP contribution in [0.1, 0.15) is 24.9 Å². The number of hydrogen-bond donors (Lipinski definition) is 2. The first kappa shape index (κ1) is 14.2. The van der Waals surface area contributed by atoms with E-state index >= 15 is 0 Å². The normalized spacial score (nSPS) is 13.5. The number of nitrogens with one attached hydrogen (secondary N) is 1. The van der Waals surface area contributed by atoms with E-state index in [1.165, 1.54) is 7.11 Å². The zero-order valence-corrected chi connectivity index (χ0v) is 10.6. The van der Waals surface area contributed by atoms with Gasteiger partial charge in [-0.3, -0.25) is 4.79 Å². The van der Waals surface area contributed by atoms with Crippen LogP contribution in [0.5, 0.6) is 0 Å². The van der Waals surface area contributed by atoms with Gasteiger partial charge in [0.1, 0.15) is 0 Å². The lowest BCUT2D eigenvalue weighted by Gasteiger charge is -2.18. The first-order valence-electron chi connectivity index (χ1n) is 5.78. The summed E-state index contributed by atoms with van der Waals surface area (Å²) in [6.07, 6.45) is 0.508. The summed E-state index contributed by atoms with van der Waals surface area (Å²) < 4.78 is 4.69. The summed E-state index contributed by atoms with van der Waals surface area (Å²) >= 11 is 0. The Kier molecular flexibility index (Phi) is 5.32. The first-order chi connectivity index (χ1) is 8.60. The van der Waals surface area contributed by atoms with E-state index in [0.717, 1.165) is 0 Å². The van der Waals surface area contributed by atoms with Crippen LogP contribution in [-0.2, 0) is 14.3 Å². The molecule has 0 aliphatic carbocycles. The lowest BCUT2D eigenvalue weighted by Crippen LogP contribution is -2.44. The minimum atomic E-state index is -0.818. The number of amides is 1. The number of benzene rings is 1. The highest BCUT2D eigenvalue weighted by atomic mass is 16.5. The molecule has 1 aromatic carbocycles. The highest BCUT2D eigenvalue weighted by molar-refractivity contribution is 5.88. The molecular weight excluding hydrogens is 232 g/mol. The van der Waals surface area contributed by atoms with Crippen molar-refractivity contribution in [3.05, 3.63) is 35.9 Å². The van der Waals surface area contributed by atoms with E-state index in [0.29, 0.717) is 12.0 Å². The predicted octanol–water partition coefficient (Wildman–Crippen LogP) is 0.754. The largest absolute Gasteiger partial charge is 0.467 e. The van der Waals surface area contributed by atoms with Crippen LogP contribution in [0.2, 0.25) is 0 Å². The smallest absolute Gasteiger partial charge is 0.333 e. The lowest BCUT2D eigenvalue weighted by atomic mass is 10.1. The van der Waals surface area contributed by atoms with Crippen LogP contribution >= 0.6 is 0 Å². The van der Waals surface area contributed by atoms with Gasteiger partial charge in [-0.05, 0) is 12.0 Å². The number of hydrogen-bond acceptors (Lipinski definition) is 4. The molecule has 0 fully saturated rings. The molecule has 1 unspecified atom stereocenters. The van der Waals surface area contributed by atoms with Gasteiger partial charge in [0.2, 0.25) is 5.91 Å². The zero-order valence-electron chi connectivity index (χ0n) is 10.6. The molecular formula is C13H18N2O3. The maximum Gasteiger partial charge on any atom is 0.333 e. The number of carbonyl (C=O) groups excluding carboxylic acids is 2. The van der Waals surface area contributed by atoms with E-state index in [1.54, 1.807) is 31.2 Å². The summed E-state index contributed by atoms with van der Waals surface area (Å²) in [5, 5.41) is 2.60. The Morgan fingerprint density at radius 1 is 1.33 bits per heavy atom. The van der Waals surface area contributed by atoms with E-state index in [2.05, 4.69) is 10.1 Å². The van der Waals surface area contributed by atoms with Gasteiger partial charge < -0.3 is 15.8 Å². The topological polar surface area (TPSA) is 81.4 Å². The fourth-order valence-electron chi connectivity index (χ4n) is 1.48. The molecule has 1 amide bonds. The molecule has 5 heteroatoms. The number of rotatable bonds is 5. The third-order valence-electron chi connectivity index (χ3n) is 2.63. The SMILES string of the molecule is CC[C@@H](N)C(=O)NC(C(=O)OC)c1ccccc1. The van der Waals surface area contributed by atoms with Gasteiger partial charge in [-0.25, -0.2) is 4.79 Å². The Hall–Kier alpha value is -1.88. The first-order valence-corrected chi connectivity index (χ1v) is 5.78. The van der Waals surface area contributed by atoms with Crippen molar-refractivity contribution < 1.29 is 14.3 Å². The summed E-state index contributed by atoms with van der Waals surface area (Å²) in [6, 6.07) is 7.46. The Morgan fingerprint density at radius 2 is 1.94 bits per heavy atom. The van der Waals surface area contributed by atoms with Gasteiger partial charge in [-0.15, -0.1) is 0 Å². The number of nitrogens with two attached hydrogens (primary N) is 1. The molecule has 5 nitrogen and oxygen atoms in total. The Morgan fingerprint density at radius 3 is 2.44 bits per heavy atom. The van der Waals surface area contributed by atoms with Crippen LogP contribution in [0.4, 0.5) is 0 Å². The van der Waals surface area contributed by atoms with Crippen molar-refractivity contribution in [1.29, 1.82) is 0 Å². The van der Waals surface area contributed by atoms with Gasteiger partial charge in [-0.2, -0.15) is 0 Å². The van der Waals surface area contributed by atoms with Crippen molar-refractivity contribution in [2.45, 2.75) is 25.4 Å². The fourth-order valence-corrected chi connectivity index (χ4v) is 1.48. The number of ether oxygens (including phenoxy) is 1. The molecule has 18 heavy (non-hydrogen) atoms. The highest BCUT2D eigenvalue weighted by Gasteiger charge is 2.25. The fraction of sp³-hybridized carbons (Fsp3) is 0.385. The van der Waals surface area contributed by atoms with Crippen molar-refractivity contribution in [1.82, 2.24) is 5.32 Å². The van der Waals surface area contributed by atoms with Gasteiger partial charge in [-0.1, -0.05) is 37.3 Å². The van der Waals surface area contributed by atoms with Gasteiger partial charge in [0.25, 0.3) is 0 Å². The predicted molar refractivity (Wildman–Crippen MR) is 67.6 cm³/mol. The molecule has 0 spiro atoms. The van der Waals surface area contributed by atoms with E-state index in [1.807, 2.05) is 6.07 Å². The lowest BCUT2D eigenvalue weighted by molar-refractivity contribution is -0.145. The average molecular weight is 250 g/mol. The second kappa shape index (κ2) is 6.76. The van der Waals surface area contributed by atoms with Gasteiger partial charge in [0, 0.05) is 0 Å². The third kappa shape index (κ3) is 3.56. The summed E-state index contributed by atoms with van der Waals surface area (Å²) in [5.74, 6) is -0.880. The quantitative estimate of drug-likeness (QED) is 0.756.